The Morgan fingerprint density at radius 1 is 0.886 bits per heavy atom. The maximum absolute atomic E-state index is 13.1. The van der Waals surface area contributed by atoms with E-state index in [0.29, 0.717) is 17.2 Å². The molecule has 1 heterocycles. The molecule has 0 fully saturated rings. The van der Waals surface area contributed by atoms with E-state index in [2.05, 4.69) is 15.6 Å². The van der Waals surface area contributed by atoms with E-state index in [0.717, 1.165) is 11.1 Å². The Balaban J connectivity index is 1.38. The summed E-state index contributed by atoms with van der Waals surface area (Å²) in [4.78, 5) is 29.6. The van der Waals surface area contributed by atoms with E-state index in [-0.39, 0.29) is 30.6 Å². The van der Waals surface area contributed by atoms with Crippen LogP contribution in [-0.2, 0) is 11.3 Å². The van der Waals surface area contributed by atoms with Gasteiger partial charge in [0.05, 0.1) is 12.5 Å². The van der Waals surface area contributed by atoms with E-state index in [1.54, 1.807) is 42.6 Å². The van der Waals surface area contributed by atoms with Gasteiger partial charge < -0.3 is 15.4 Å². The molecule has 0 aliphatic heterocycles. The van der Waals surface area contributed by atoms with Crippen LogP contribution in [0, 0.1) is 5.82 Å². The number of pyridine rings is 1. The molecule has 6 nitrogen and oxygen atoms in total. The first-order valence-electron chi connectivity index (χ1n) is 11.1. The smallest absolute Gasteiger partial charge is 0.251 e. The van der Waals surface area contributed by atoms with Gasteiger partial charge in [-0.1, -0.05) is 48.5 Å². The fourth-order valence-electron chi connectivity index (χ4n) is 3.47. The van der Waals surface area contributed by atoms with Crippen molar-refractivity contribution < 1.29 is 18.7 Å². The first-order chi connectivity index (χ1) is 17.1. The van der Waals surface area contributed by atoms with Crippen molar-refractivity contribution in [1.29, 1.82) is 0 Å². The zero-order chi connectivity index (χ0) is 24.5. The van der Waals surface area contributed by atoms with Crippen molar-refractivity contribution in [1.82, 2.24) is 15.6 Å². The lowest BCUT2D eigenvalue weighted by Crippen LogP contribution is -2.33. The largest absolute Gasteiger partial charge is 0.439 e. The molecule has 0 aliphatic rings. The average Bonchev–Trinajstić information content (AvgIpc) is 2.90. The average molecular weight is 470 g/mol. The lowest BCUT2D eigenvalue weighted by Gasteiger charge is -2.19. The van der Waals surface area contributed by atoms with Crippen molar-refractivity contribution >= 4 is 11.8 Å². The zero-order valence-corrected chi connectivity index (χ0v) is 18.9. The minimum absolute atomic E-state index is 0.0760. The lowest BCUT2D eigenvalue weighted by molar-refractivity contribution is -0.121. The monoisotopic (exact) mass is 469 g/mol. The van der Waals surface area contributed by atoms with E-state index in [1.165, 1.54) is 24.3 Å². The summed E-state index contributed by atoms with van der Waals surface area (Å²) in [7, 11) is 0. The predicted molar refractivity (Wildman–Crippen MR) is 130 cm³/mol. The quantitative estimate of drug-likeness (QED) is 0.354. The third-order valence-corrected chi connectivity index (χ3v) is 5.26. The van der Waals surface area contributed by atoms with Crippen LogP contribution in [0.25, 0.3) is 0 Å². The van der Waals surface area contributed by atoms with Crippen molar-refractivity contribution in [2.24, 2.45) is 0 Å². The van der Waals surface area contributed by atoms with Crippen molar-refractivity contribution in [3.8, 4) is 11.6 Å². The van der Waals surface area contributed by atoms with Crippen LogP contribution in [0.15, 0.2) is 103 Å². The Bertz CT molecular complexity index is 1270. The normalized spacial score (nSPS) is 11.3. The molecular weight excluding hydrogens is 445 g/mol. The van der Waals surface area contributed by atoms with E-state index in [9.17, 15) is 14.0 Å². The van der Waals surface area contributed by atoms with Gasteiger partial charge in [0.1, 0.15) is 11.6 Å². The minimum Gasteiger partial charge on any atom is -0.439 e. The first kappa shape index (κ1) is 23.6. The molecule has 1 unspecified atom stereocenters. The summed E-state index contributed by atoms with van der Waals surface area (Å²) < 4.78 is 18.7. The third-order valence-electron chi connectivity index (χ3n) is 5.26. The summed E-state index contributed by atoms with van der Waals surface area (Å²) >= 11 is 0. The first-order valence-corrected chi connectivity index (χ1v) is 11.1. The number of carbonyl (C=O) groups excluding carboxylic acids is 2. The minimum atomic E-state index is -0.487. The van der Waals surface area contributed by atoms with E-state index in [1.807, 2.05) is 36.4 Å². The van der Waals surface area contributed by atoms with E-state index >= 15 is 0 Å². The summed E-state index contributed by atoms with van der Waals surface area (Å²) in [6.07, 6.45) is 1.65. The number of halogens is 1. The molecule has 1 aromatic heterocycles. The zero-order valence-electron chi connectivity index (χ0n) is 18.9. The third kappa shape index (κ3) is 6.98. The molecule has 176 valence electrons. The molecule has 0 spiro atoms. The number of rotatable bonds is 9. The maximum atomic E-state index is 13.1. The highest BCUT2D eigenvalue weighted by Crippen LogP contribution is 2.21. The molecular formula is C28H24FN3O3. The highest BCUT2D eigenvalue weighted by atomic mass is 19.1. The van der Waals surface area contributed by atoms with Crippen molar-refractivity contribution in [3.05, 3.63) is 126 Å². The Morgan fingerprint density at radius 3 is 2.29 bits per heavy atom. The fraction of sp³-hybridized carbons (Fsp3) is 0.107. The van der Waals surface area contributed by atoms with Crippen LogP contribution in [0.2, 0.25) is 0 Å². The maximum Gasteiger partial charge on any atom is 0.251 e. The van der Waals surface area contributed by atoms with Gasteiger partial charge in [0.2, 0.25) is 11.8 Å². The summed E-state index contributed by atoms with van der Waals surface area (Å²) in [6.45, 7) is 0.259. The Labute approximate surface area is 202 Å². The van der Waals surface area contributed by atoms with Gasteiger partial charge >= 0.3 is 0 Å². The van der Waals surface area contributed by atoms with Crippen LogP contribution in [0.3, 0.4) is 0 Å². The van der Waals surface area contributed by atoms with Gasteiger partial charge in [-0.05, 0) is 53.6 Å². The molecule has 0 radical (unpaired) electrons. The molecule has 2 amide bonds. The van der Waals surface area contributed by atoms with Crippen molar-refractivity contribution in [3.63, 3.8) is 0 Å². The van der Waals surface area contributed by atoms with Gasteiger partial charge in [-0.15, -0.1) is 0 Å². The number of amides is 2. The second kappa shape index (κ2) is 11.6. The van der Waals surface area contributed by atoms with Crippen LogP contribution in [0.4, 0.5) is 4.39 Å². The number of hydrogen-bond donors (Lipinski definition) is 2. The van der Waals surface area contributed by atoms with Gasteiger partial charge in [-0.3, -0.25) is 9.59 Å². The van der Waals surface area contributed by atoms with Gasteiger partial charge in [-0.25, -0.2) is 9.37 Å². The number of carbonyl (C=O) groups is 2. The number of benzene rings is 3. The molecule has 4 aromatic rings. The lowest BCUT2D eigenvalue weighted by atomic mass is 10.0. The van der Waals surface area contributed by atoms with Crippen LogP contribution < -0.4 is 15.4 Å². The molecule has 0 saturated heterocycles. The molecule has 7 heteroatoms. The van der Waals surface area contributed by atoms with Gasteiger partial charge in [0, 0.05) is 24.4 Å². The number of nitrogens with zero attached hydrogens (tertiary/aromatic N) is 1. The number of aromatic nitrogens is 1. The van der Waals surface area contributed by atoms with Crippen molar-refractivity contribution in [2.75, 3.05) is 0 Å². The number of ether oxygens (including phenoxy) is 1. The topological polar surface area (TPSA) is 80.3 Å². The predicted octanol–water partition coefficient (Wildman–Crippen LogP) is 5.19. The molecule has 0 aliphatic carbocycles. The molecule has 0 saturated carbocycles. The van der Waals surface area contributed by atoms with E-state index in [4.69, 9.17) is 4.74 Å². The van der Waals surface area contributed by atoms with Gasteiger partial charge in [0.25, 0.3) is 5.91 Å². The highest BCUT2D eigenvalue weighted by Gasteiger charge is 2.19. The van der Waals surface area contributed by atoms with Crippen molar-refractivity contribution in [2.45, 2.75) is 19.0 Å². The second-order valence-electron chi connectivity index (χ2n) is 7.84. The van der Waals surface area contributed by atoms with Crippen LogP contribution in [0.5, 0.6) is 11.6 Å². The Hall–Kier alpha value is -4.52. The molecule has 0 bridgehead atoms. The molecule has 2 N–H and O–H groups in total. The van der Waals surface area contributed by atoms with Crippen LogP contribution in [0.1, 0.15) is 33.9 Å². The molecule has 4 rings (SSSR count). The van der Waals surface area contributed by atoms with Crippen LogP contribution >= 0.6 is 0 Å². The summed E-state index contributed by atoms with van der Waals surface area (Å²) in [5, 5.41) is 5.85. The van der Waals surface area contributed by atoms with Gasteiger partial charge in [-0.2, -0.15) is 0 Å². The number of hydrogen-bond acceptors (Lipinski definition) is 4. The summed E-state index contributed by atoms with van der Waals surface area (Å²) in [5.41, 5.74) is 2.15. The Morgan fingerprint density at radius 2 is 1.57 bits per heavy atom. The van der Waals surface area contributed by atoms with Crippen LogP contribution in [-0.4, -0.2) is 16.8 Å². The SMILES string of the molecule is O=C(CC(NC(=O)c1ccccc1)c1ccccc1)NCc1ccnc(Oc2ccc(F)cc2)c1. The summed E-state index contributed by atoms with van der Waals surface area (Å²) in [5.74, 6) is -0.0230. The van der Waals surface area contributed by atoms with E-state index < -0.39 is 6.04 Å². The molecule has 1 atom stereocenters. The standard InChI is InChI=1S/C28H24FN3O3/c29-23-11-13-24(14-12-23)35-27-17-20(15-16-30-27)19-31-26(33)18-25(21-7-3-1-4-8-21)32-28(34)22-9-5-2-6-10-22/h1-17,25H,18-19H2,(H,31,33)(H,32,34). The second-order valence-corrected chi connectivity index (χ2v) is 7.84. The van der Waals surface area contributed by atoms with Gasteiger partial charge in [0.15, 0.2) is 0 Å². The fourth-order valence-corrected chi connectivity index (χ4v) is 3.47. The Kier molecular flexibility index (Phi) is 7.81. The molecule has 3 aromatic carbocycles. The molecule has 35 heavy (non-hydrogen) atoms. The highest BCUT2D eigenvalue weighted by molar-refractivity contribution is 5.94. The summed E-state index contributed by atoms with van der Waals surface area (Å²) in [6, 6.07) is 26.9. The number of nitrogens with one attached hydrogen (secondary N) is 2.